The molecule has 20 heavy (non-hydrogen) atoms. The van der Waals surface area contributed by atoms with Gasteiger partial charge in [0.25, 0.3) is 5.91 Å². The van der Waals surface area contributed by atoms with Gasteiger partial charge >= 0.3 is 0 Å². The van der Waals surface area contributed by atoms with Crippen LogP contribution in [0.2, 0.25) is 0 Å². The van der Waals surface area contributed by atoms with Crippen molar-refractivity contribution in [2.45, 2.75) is 32.1 Å². The lowest BCUT2D eigenvalue weighted by molar-refractivity contribution is 0.0793. The van der Waals surface area contributed by atoms with Crippen molar-refractivity contribution in [3.63, 3.8) is 0 Å². The average molecular weight is 273 g/mol. The molecule has 0 atom stereocenters. The quantitative estimate of drug-likeness (QED) is 0.842. The monoisotopic (exact) mass is 273 g/mol. The van der Waals surface area contributed by atoms with Crippen LogP contribution in [0.3, 0.4) is 0 Å². The summed E-state index contributed by atoms with van der Waals surface area (Å²) in [7, 11) is 0. The van der Waals surface area contributed by atoms with E-state index in [4.69, 9.17) is 5.73 Å². The van der Waals surface area contributed by atoms with E-state index in [9.17, 15) is 4.79 Å². The highest BCUT2D eigenvalue weighted by Crippen LogP contribution is 2.28. The van der Waals surface area contributed by atoms with Gasteiger partial charge in [-0.15, -0.1) is 0 Å². The third-order valence-corrected chi connectivity index (χ3v) is 4.34. The SMILES string of the molecule is Nc1ccc(N2CCCCC2)c(C(=O)N2CCCC2)c1. The number of hydrogen-bond donors (Lipinski definition) is 1. The summed E-state index contributed by atoms with van der Waals surface area (Å²) in [6.45, 7) is 3.86. The molecule has 2 N–H and O–H groups in total. The Hall–Kier alpha value is -1.71. The van der Waals surface area contributed by atoms with Crippen molar-refractivity contribution in [1.82, 2.24) is 4.90 Å². The first-order valence-corrected chi connectivity index (χ1v) is 7.69. The van der Waals surface area contributed by atoms with E-state index in [2.05, 4.69) is 4.90 Å². The fourth-order valence-corrected chi connectivity index (χ4v) is 3.23. The molecule has 1 aromatic rings. The van der Waals surface area contributed by atoms with Gasteiger partial charge in [0.1, 0.15) is 0 Å². The van der Waals surface area contributed by atoms with Gasteiger partial charge in [0.15, 0.2) is 0 Å². The number of carbonyl (C=O) groups excluding carboxylic acids is 1. The van der Waals surface area contributed by atoms with Gasteiger partial charge in [0, 0.05) is 37.6 Å². The second-order valence-electron chi connectivity index (χ2n) is 5.82. The van der Waals surface area contributed by atoms with Crippen LogP contribution in [-0.4, -0.2) is 37.0 Å². The smallest absolute Gasteiger partial charge is 0.256 e. The molecule has 4 heteroatoms. The van der Waals surface area contributed by atoms with Gasteiger partial charge < -0.3 is 15.5 Å². The van der Waals surface area contributed by atoms with Gasteiger partial charge in [-0.3, -0.25) is 4.79 Å². The molecule has 0 aliphatic carbocycles. The molecule has 0 radical (unpaired) electrons. The Morgan fingerprint density at radius 1 is 0.950 bits per heavy atom. The molecule has 2 fully saturated rings. The zero-order chi connectivity index (χ0) is 13.9. The zero-order valence-electron chi connectivity index (χ0n) is 12.0. The number of carbonyl (C=O) groups is 1. The Morgan fingerprint density at radius 2 is 1.60 bits per heavy atom. The molecule has 0 unspecified atom stereocenters. The summed E-state index contributed by atoms with van der Waals surface area (Å²) < 4.78 is 0. The lowest BCUT2D eigenvalue weighted by Crippen LogP contribution is -2.34. The summed E-state index contributed by atoms with van der Waals surface area (Å²) in [6, 6.07) is 5.78. The van der Waals surface area contributed by atoms with Crippen molar-refractivity contribution in [3.8, 4) is 0 Å². The number of nitrogens with zero attached hydrogens (tertiary/aromatic N) is 2. The van der Waals surface area contributed by atoms with E-state index in [1.54, 1.807) is 0 Å². The van der Waals surface area contributed by atoms with Crippen LogP contribution in [0.5, 0.6) is 0 Å². The first-order valence-electron chi connectivity index (χ1n) is 7.69. The average Bonchev–Trinajstić information content (AvgIpc) is 3.01. The van der Waals surface area contributed by atoms with Crippen LogP contribution in [-0.2, 0) is 0 Å². The lowest BCUT2D eigenvalue weighted by atomic mass is 10.1. The molecule has 0 bridgehead atoms. The van der Waals surface area contributed by atoms with Crippen molar-refractivity contribution in [1.29, 1.82) is 0 Å². The fourth-order valence-electron chi connectivity index (χ4n) is 3.23. The number of amides is 1. The van der Waals surface area contributed by atoms with E-state index in [-0.39, 0.29) is 5.91 Å². The molecule has 108 valence electrons. The third-order valence-electron chi connectivity index (χ3n) is 4.34. The predicted octanol–water partition coefficient (Wildman–Crippen LogP) is 2.50. The summed E-state index contributed by atoms with van der Waals surface area (Å²) in [4.78, 5) is 17.0. The molecule has 0 spiro atoms. The largest absolute Gasteiger partial charge is 0.399 e. The molecule has 3 rings (SSSR count). The van der Waals surface area contributed by atoms with E-state index >= 15 is 0 Å². The van der Waals surface area contributed by atoms with Crippen molar-refractivity contribution >= 4 is 17.3 Å². The molecule has 1 amide bonds. The van der Waals surface area contributed by atoms with Gasteiger partial charge in [0.05, 0.1) is 5.56 Å². The maximum Gasteiger partial charge on any atom is 0.256 e. The molecule has 0 aromatic heterocycles. The normalized spacial score (nSPS) is 19.4. The highest BCUT2D eigenvalue weighted by Gasteiger charge is 2.24. The zero-order valence-corrected chi connectivity index (χ0v) is 12.0. The highest BCUT2D eigenvalue weighted by atomic mass is 16.2. The van der Waals surface area contributed by atoms with E-state index in [1.807, 2.05) is 23.1 Å². The van der Waals surface area contributed by atoms with Gasteiger partial charge in [-0.25, -0.2) is 0 Å². The highest BCUT2D eigenvalue weighted by molar-refractivity contribution is 6.00. The van der Waals surface area contributed by atoms with Crippen LogP contribution in [0.25, 0.3) is 0 Å². The fraction of sp³-hybridized carbons (Fsp3) is 0.562. The van der Waals surface area contributed by atoms with Crippen LogP contribution in [0.1, 0.15) is 42.5 Å². The van der Waals surface area contributed by atoms with E-state index in [0.29, 0.717) is 5.69 Å². The number of anilines is 2. The van der Waals surface area contributed by atoms with E-state index in [1.165, 1.54) is 19.3 Å². The van der Waals surface area contributed by atoms with Crippen LogP contribution in [0, 0.1) is 0 Å². The minimum Gasteiger partial charge on any atom is -0.399 e. The Morgan fingerprint density at radius 3 is 2.30 bits per heavy atom. The summed E-state index contributed by atoms with van der Waals surface area (Å²) >= 11 is 0. The number of nitrogen functional groups attached to an aromatic ring is 1. The van der Waals surface area contributed by atoms with Crippen molar-refractivity contribution in [3.05, 3.63) is 23.8 Å². The third kappa shape index (κ3) is 2.60. The molecule has 1 aromatic carbocycles. The molecular weight excluding hydrogens is 250 g/mol. The van der Waals surface area contributed by atoms with Crippen LogP contribution >= 0.6 is 0 Å². The van der Waals surface area contributed by atoms with Crippen molar-refractivity contribution in [2.24, 2.45) is 0 Å². The minimum absolute atomic E-state index is 0.148. The standard InChI is InChI=1S/C16H23N3O/c17-13-6-7-15(18-8-2-1-3-9-18)14(12-13)16(20)19-10-4-5-11-19/h6-7,12H,1-5,8-11,17H2. The maximum atomic E-state index is 12.7. The van der Waals surface area contributed by atoms with E-state index in [0.717, 1.165) is 50.3 Å². The first-order chi connectivity index (χ1) is 9.75. The Labute approximate surface area is 120 Å². The van der Waals surface area contributed by atoms with Crippen LogP contribution < -0.4 is 10.6 Å². The van der Waals surface area contributed by atoms with Crippen LogP contribution in [0.4, 0.5) is 11.4 Å². The number of hydrogen-bond acceptors (Lipinski definition) is 3. The molecule has 0 saturated carbocycles. The second kappa shape index (κ2) is 5.73. The number of nitrogens with two attached hydrogens (primary N) is 1. The lowest BCUT2D eigenvalue weighted by Gasteiger charge is -2.31. The molecule has 2 heterocycles. The molecule has 2 aliphatic heterocycles. The van der Waals surface area contributed by atoms with Gasteiger partial charge in [-0.2, -0.15) is 0 Å². The second-order valence-corrected chi connectivity index (χ2v) is 5.82. The van der Waals surface area contributed by atoms with Crippen molar-refractivity contribution in [2.75, 3.05) is 36.8 Å². The summed E-state index contributed by atoms with van der Waals surface area (Å²) in [5.74, 6) is 0.148. The predicted molar refractivity (Wildman–Crippen MR) is 82.1 cm³/mol. The topological polar surface area (TPSA) is 49.6 Å². The summed E-state index contributed by atoms with van der Waals surface area (Å²) in [5.41, 5.74) is 8.43. The van der Waals surface area contributed by atoms with Gasteiger partial charge in [-0.05, 0) is 50.3 Å². The van der Waals surface area contributed by atoms with E-state index < -0.39 is 0 Å². The number of benzene rings is 1. The molecule has 2 saturated heterocycles. The Balaban J connectivity index is 1.90. The van der Waals surface area contributed by atoms with Gasteiger partial charge in [0.2, 0.25) is 0 Å². The molecule has 4 nitrogen and oxygen atoms in total. The number of piperidine rings is 1. The first kappa shape index (κ1) is 13.3. The van der Waals surface area contributed by atoms with Crippen LogP contribution in [0.15, 0.2) is 18.2 Å². The molecule has 2 aliphatic rings. The van der Waals surface area contributed by atoms with Crippen molar-refractivity contribution < 1.29 is 4.79 Å². The Kier molecular flexibility index (Phi) is 3.81. The number of rotatable bonds is 2. The minimum atomic E-state index is 0.148. The number of likely N-dealkylation sites (tertiary alicyclic amines) is 1. The molecular formula is C16H23N3O. The summed E-state index contributed by atoms with van der Waals surface area (Å²) in [6.07, 6.45) is 5.95. The van der Waals surface area contributed by atoms with Gasteiger partial charge in [-0.1, -0.05) is 0 Å². The maximum absolute atomic E-state index is 12.7. The summed E-state index contributed by atoms with van der Waals surface area (Å²) in [5, 5.41) is 0. The Bertz CT molecular complexity index is 488.